The summed E-state index contributed by atoms with van der Waals surface area (Å²) in [5.41, 5.74) is 3.81. The molecule has 2 atom stereocenters. The number of carboxylic acid groups (broad SMARTS) is 1. The second-order valence-electron chi connectivity index (χ2n) is 7.79. The van der Waals surface area contributed by atoms with Crippen LogP contribution in [0.4, 0.5) is 4.79 Å². The maximum Gasteiger partial charge on any atom is 0.408 e. The Morgan fingerprint density at radius 2 is 1.63 bits per heavy atom. The molecule has 0 fully saturated rings. The van der Waals surface area contributed by atoms with Gasteiger partial charge >= 0.3 is 12.1 Å². The summed E-state index contributed by atoms with van der Waals surface area (Å²) in [7, 11) is 0. The van der Waals surface area contributed by atoms with Gasteiger partial charge in [0.05, 0.1) is 0 Å². The molecule has 0 unspecified atom stereocenters. The number of carbonyl (C=O) groups is 4. The minimum absolute atomic E-state index is 0.0340. The lowest BCUT2D eigenvalue weighted by atomic mass is 10.0. The smallest absolute Gasteiger partial charge is 0.408 e. The van der Waals surface area contributed by atoms with Crippen LogP contribution in [0.3, 0.4) is 0 Å². The standard InChI is InChI=1S/C24H26N4O7/c29-21(30)11-10-19(27-24(33)35-14-15-6-2-1-3-7-15)22(31)26-20(23(32)28-34)12-16-13-25-18-9-5-4-8-17(16)18/h1-9,13,19-20,25,34H,10-12,14H2,(H,26,31)(H,27,33)(H,28,32)(H,29,30)/t19-,20-/m0/s1. The van der Waals surface area contributed by atoms with Gasteiger partial charge < -0.3 is 25.5 Å². The highest BCUT2D eigenvalue weighted by atomic mass is 16.5. The zero-order chi connectivity index (χ0) is 25.2. The molecule has 6 N–H and O–H groups in total. The number of aromatic nitrogens is 1. The number of alkyl carbamates (subject to hydrolysis) is 1. The molecule has 1 aromatic heterocycles. The predicted molar refractivity (Wildman–Crippen MR) is 124 cm³/mol. The second-order valence-corrected chi connectivity index (χ2v) is 7.79. The van der Waals surface area contributed by atoms with E-state index in [0.717, 1.165) is 16.5 Å². The summed E-state index contributed by atoms with van der Waals surface area (Å²) in [4.78, 5) is 51.6. The Kier molecular flexibility index (Phi) is 8.79. The molecule has 11 nitrogen and oxygen atoms in total. The van der Waals surface area contributed by atoms with Gasteiger partial charge in [-0.3, -0.25) is 19.6 Å². The first-order valence-corrected chi connectivity index (χ1v) is 10.9. The number of rotatable bonds is 11. The van der Waals surface area contributed by atoms with E-state index in [4.69, 9.17) is 9.84 Å². The fraction of sp³-hybridized carbons (Fsp3) is 0.250. The highest BCUT2D eigenvalue weighted by Gasteiger charge is 2.28. The number of para-hydroxylation sites is 1. The first kappa shape index (κ1) is 25.2. The maximum atomic E-state index is 12.9. The first-order valence-electron chi connectivity index (χ1n) is 10.9. The summed E-state index contributed by atoms with van der Waals surface area (Å²) in [5, 5.41) is 23.9. The number of carbonyl (C=O) groups excluding carboxylic acids is 3. The van der Waals surface area contributed by atoms with Crippen LogP contribution in [0.2, 0.25) is 0 Å². The number of aromatic amines is 1. The van der Waals surface area contributed by atoms with Crippen LogP contribution < -0.4 is 16.1 Å². The van der Waals surface area contributed by atoms with E-state index < -0.39 is 42.4 Å². The highest BCUT2D eigenvalue weighted by molar-refractivity contribution is 5.92. The molecule has 184 valence electrons. The van der Waals surface area contributed by atoms with Crippen LogP contribution in [0.5, 0.6) is 0 Å². The lowest BCUT2D eigenvalue weighted by molar-refractivity contribution is -0.138. The third-order valence-electron chi connectivity index (χ3n) is 5.31. The molecule has 3 aromatic rings. The molecule has 0 bridgehead atoms. The van der Waals surface area contributed by atoms with Gasteiger partial charge in [0.2, 0.25) is 5.91 Å². The van der Waals surface area contributed by atoms with Crippen LogP contribution in [-0.2, 0) is 32.1 Å². The van der Waals surface area contributed by atoms with Gasteiger partial charge in [0.15, 0.2) is 0 Å². The average molecular weight is 482 g/mol. The van der Waals surface area contributed by atoms with Gasteiger partial charge in [-0.1, -0.05) is 48.5 Å². The molecule has 0 saturated carbocycles. The number of nitrogens with one attached hydrogen (secondary N) is 4. The first-order chi connectivity index (χ1) is 16.9. The van der Waals surface area contributed by atoms with Gasteiger partial charge in [-0.2, -0.15) is 0 Å². The van der Waals surface area contributed by atoms with Crippen LogP contribution in [-0.4, -0.2) is 51.3 Å². The fourth-order valence-electron chi connectivity index (χ4n) is 3.52. The summed E-state index contributed by atoms with van der Waals surface area (Å²) in [6.45, 7) is -0.0456. The predicted octanol–water partition coefficient (Wildman–Crippen LogP) is 1.86. The summed E-state index contributed by atoms with van der Waals surface area (Å²) in [6, 6.07) is 13.8. The fourth-order valence-corrected chi connectivity index (χ4v) is 3.52. The number of hydroxylamine groups is 1. The van der Waals surface area contributed by atoms with Crippen LogP contribution >= 0.6 is 0 Å². The van der Waals surface area contributed by atoms with Crippen LogP contribution in [0.15, 0.2) is 60.8 Å². The minimum atomic E-state index is -1.29. The Bertz CT molecular complexity index is 1180. The number of H-pyrrole nitrogens is 1. The Labute approximate surface area is 200 Å². The second kappa shape index (κ2) is 12.2. The van der Waals surface area contributed by atoms with Crippen LogP contribution in [0.25, 0.3) is 10.9 Å². The molecule has 11 heteroatoms. The lowest BCUT2D eigenvalue weighted by Crippen LogP contribution is -2.54. The van der Waals surface area contributed by atoms with E-state index in [9.17, 15) is 24.4 Å². The minimum Gasteiger partial charge on any atom is -0.481 e. The SMILES string of the molecule is O=C(O)CC[C@H](NC(=O)OCc1ccccc1)C(=O)N[C@@H](Cc1c[nH]c2ccccc12)C(=O)NO. The van der Waals surface area contributed by atoms with Gasteiger partial charge in [0.25, 0.3) is 5.91 Å². The van der Waals surface area contributed by atoms with E-state index in [1.165, 1.54) is 5.48 Å². The molecule has 0 radical (unpaired) electrons. The van der Waals surface area contributed by atoms with Crippen molar-refractivity contribution >= 4 is 34.8 Å². The van der Waals surface area contributed by atoms with Crippen molar-refractivity contribution in [1.29, 1.82) is 0 Å². The molecule has 3 amide bonds. The normalized spacial score (nSPS) is 12.4. The number of hydrogen-bond acceptors (Lipinski definition) is 6. The Morgan fingerprint density at radius 1 is 0.914 bits per heavy atom. The molecule has 3 rings (SSSR count). The third kappa shape index (κ3) is 7.30. The quantitative estimate of drug-likeness (QED) is 0.179. The number of hydrogen-bond donors (Lipinski definition) is 6. The van der Waals surface area contributed by atoms with Gasteiger partial charge in [-0.25, -0.2) is 10.3 Å². The topological polar surface area (TPSA) is 170 Å². The van der Waals surface area contributed by atoms with Gasteiger partial charge in [-0.15, -0.1) is 0 Å². The molecular formula is C24H26N4O7. The number of benzene rings is 2. The van der Waals surface area contributed by atoms with E-state index in [1.807, 2.05) is 30.3 Å². The molecule has 2 aromatic carbocycles. The Balaban J connectivity index is 1.69. The Hall–Kier alpha value is -4.38. The zero-order valence-electron chi connectivity index (χ0n) is 18.7. The van der Waals surface area contributed by atoms with Crippen molar-refractivity contribution in [3.05, 3.63) is 71.9 Å². The third-order valence-corrected chi connectivity index (χ3v) is 5.31. The summed E-state index contributed by atoms with van der Waals surface area (Å²) in [6.07, 6.45) is 0.166. The lowest BCUT2D eigenvalue weighted by Gasteiger charge is -2.22. The van der Waals surface area contributed by atoms with Crippen molar-refractivity contribution in [3.63, 3.8) is 0 Å². The van der Waals surface area contributed by atoms with E-state index in [0.29, 0.717) is 5.56 Å². The van der Waals surface area contributed by atoms with E-state index in [1.54, 1.807) is 30.5 Å². The number of fused-ring (bicyclic) bond motifs is 1. The average Bonchev–Trinajstić information content (AvgIpc) is 3.27. The number of aliphatic carboxylic acids is 1. The molecule has 0 aliphatic carbocycles. The monoisotopic (exact) mass is 482 g/mol. The Morgan fingerprint density at radius 3 is 2.34 bits per heavy atom. The van der Waals surface area contributed by atoms with E-state index >= 15 is 0 Å². The van der Waals surface area contributed by atoms with Crippen molar-refractivity contribution in [3.8, 4) is 0 Å². The van der Waals surface area contributed by atoms with Crippen LogP contribution in [0.1, 0.15) is 24.0 Å². The molecule has 0 aliphatic rings. The summed E-state index contributed by atoms with van der Waals surface area (Å²) in [5.74, 6) is -2.82. The van der Waals surface area contributed by atoms with Gasteiger partial charge in [-0.05, 0) is 23.6 Å². The van der Waals surface area contributed by atoms with E-state index in [2.05, 4.69) is 15.6 Å². The summed E-state index contributed by atoms with van der Waals surface area (Å²) < 4.78 is 5.12. The maximum absolute atomic E-state index is 12.9. The molecule has 0 aliphatic heterocycles. The van der Waals surface area contributed by atoms with E-state index in [-0.39, 0.29) is 19.4 Å². The van der Waals surface area contributed by atoms with Crippen molar-refractivity contribution < 1.29 is 34.2 Å². The number of carboxylic acids is 1. The van der Waals surface area contributed by atoms with Gasteiger partial charge in [0.1, 0.15) is 18.7 Å². The molecule has 35 heavy (non-hydrogen) atoms. The van der Waals surface area contributed by atoms with Crippen molar-refractivity contribution in [1.82, 2.24) is 21.1 Å². The van der Waals surface area contributed by atoms with Crippen LogP contribution in [0, 0.1) is 0 Å². The van der Waals surface area contributed by atoms with Gasteiger partial charge in [0, 0.05) is 29.9 Å². The van der Waals surface area contributed by atoms with Crippen molar-refractivity contribution in [2.24, 2.45) is 0 Å². The zero-order valence-corrected chi connectivity index (χ0v) is 18.7. The molecule has 0 spiro atoms. The number of ether oxygens (including phenoxy) is 1. The molecular weight excluding hydrogens is 456 g/mol. The number of amides is 3. The van der Waals surface area contributed by atoms with Crippen molar-refractivity contribution in [2.45, 2.75) is 38.0 Å². The largest absolute Gasteiger partial charge is 0.481 e. The van der Waals surface area contributed by atoms with Crippen molar-refractivity contribution in [2.75, 3.05) is 0 Å². The molecule has 0 saturated heterocycles. The molecule has 1 heterocycles. The summed E-state index contributed by atoms with van der Waals surface area (Å²) >= 11 is 0. The highest BCUT2D eigenvalue weighted by Crippen LogP contribution is 2.19.